The molecule has 0 unspecified atom stereocenters. The van der Waals surface area contributed by atoms with Gasteiger partial charge in [0.15, 0.2) is 11.5 Å². The van der Waals surface area contributed by atoms with Gasteiger partial charge in [-0.25, -0.2) is 4.98 Å². The van der Waals surface area contributed by atoms with E-state index < -0.39 is 0 Å². The average Bonchev–Trinajstić information content (AvgIpc) is 3.43. The zero-order chi connectivity index (χ0) is 22.5. The van der Waals surface area contributed by atoms with Gasteiger partial charge in [0.2, 0.25) is 5.75 Å². The summed E-state index contributed by atoms with van der Waals surface area (Å²) in [4.78, 5) is 9.00. The predicted octanol–water partition coefficient (Wildman–Crippen LogP) is 5.52. The molecule has 8 heteroatoms. The Hall–Kier alpha value is -3.45. The molecule has 0 aliphatic rings. The van der Waals surface area contributed by atoms with Gasteiger partial charge in [0.25, 0.3) is 0 Å². The summed E-state index contributed by atoms with van der Waals surface area (Å²) in [6.45, 7) is 2.36. The Morgan fingerprint density at radius 2 is 1.75 bits per heavy atom. The number of aryl methyl sites for hydroxylation is 2. The molecule has 2 aromatic heterocycles. The van der Waals surface area contributed by atoms with Crippen molar-refractivity contribution < 1.29 is 18.6 Å². The van der Waals surface area contributed by atoms with Crippen LogP contribution in [-0.4, -0.2) is 35.4 Å². The molecule has 7 nitrogen and oxygen atoms in total. The number of methoxy groups -OCH3 is 2. The first kappa shape index (κ1) is 21.8. The molecule has 0 amide bonds. The molecular weight excluding hydrogens is 430 g/mol. The van der Waals surface area contributed by atoms with Gasteiger partial charge in [-0.1, -0.05) is 29.8 Å². The minimum absolute atomic E-state index is 0.455. The van der Waals surface area contributed by atoms with E-state index >= 15 is 0 Å². The first-order chi connectivity index (χ1) is 15.6. The van der Waals surface area contributed by atoms with Gasteiger partial charge in [0, 0.05) is 29.4 Å². The lowest BCUT2D eigenvalue weighted by Crippen LogP contribution is -2.03. The van der Waals surface area contributed by atoms with Crippen LogP contribution in [0.2, 0.25) is 5.02 Å². The number of benzene rings is 2. The van der Waals surface area contributed by atoms with Crippen molar-refractivity contribution in [1.82, 2.24) is 14.5 Å². The van der Waals surface area contributed by atoms with Gasteiger partial charge in [-0.15, -0.1) is 0 Å². The second-order valence-corrected chi connectivity index (χ2v) is 7.50. The number of nitrogens with zero attached hydrogens (tertiary/aromatic N) is 3. The summed E-state index contributed by atoms with van der Waals surface area (Å²) in [5.74, 6) is 3.41. The number of imidazole rings is 1. The van der Waals surface area contributed by atoms with Crippen LogP contribution in [0, 0.1) is 6.92 Å². The van der Waals surface area contributed by atoms with Gasteiger partial charge < -0.3 is 18.6 Å². The fourth-order valence-corrected chi connectivity index (χ4v) is 3.52. The fraction of sp³-hybridized carbons (Fsp3) is 0.250. The van der Waals surface area contributed by atoms with Crippen LogP contribution in [0.15, 0.2) is 59.3 Å². The van der Waals surface area contributed by atoms with E-state index in [0.29, 0.717) is 47.7 Å². The first-order valence-electron chi connectivity index (χ1n) is 10.2. The smallest absolute Gasteiger partial charge is 0.307 e. The Morgan fingerprint density at radius 3 is 2.38 bits per heavy atom. The number of rotatable bonds is 9. The Balaban J connectivity index is 1.54. The molecule has 0 bridgehead atoms. The predicted molar refractivity (Wildman–Crippen MR) is 122 cm³/mol. The molecule has 0 aliphatic carbocycles. The summed E-state index contributed by atoms with van der Waals surface area (Å²) >= 11 is 6.06. The highest BCUT2D eigenvalue weighted by atomic mass is 35.5. The summed E-state index contributed by atoms with van der Waals surface area (Å²) in [7, 11) is 3.21. The van der Waals surface area contributed by atoms with Crippen LogP contribution in [-0.2, 0) is 6.42 Å². The molecule has 4 rings (SSSR count). The van der Waals surface area contributed by atoms with Crippen LogP contribution >= 0.6 is 11.6 Å². The molecule has 2 heterocycles. The molecule has 0 saturated heterocycles. The molecule has 32 heavy (non-hydrogen) atoms. The molecule has 0 spiro atoms. The van der Waals surface area contributed by atoms with Crippen molar-refractivity contribution in [1.29, 1.82) is 0 Å². The van der Waals surface area contributed by atoms with Gasteiger partial charge in [-0.3, -0.25) is 4.57 Å². The summed E-state index contributed by atoms with van der Waals surface area (Å²) < 4.78 is 24.7. The number of hydrogen-bond donors (Lipinski definition) is 0. The van der Waals surface area contributed by atoms with E-state index in [0.717, 1.165) is 22.8 Å². The highest BCUT2D eigenvalue weighted by Gasteiger charge is 2.18. The maximum absolute atomic E-state index is 6.14. The van der Waals surface area contributed by atoms with Gasteiger partial charge in [0.05, 0.1) is 20.8 Å². The Labute approximate surface area is 191 Å². The minimum atomic E-state index is 0.455. The molecule has 0 saturated carbocycles. The molecule has 4 aromatic rings. The number of ether oxygens (including phenoxy) is 3. The topological polar surface area (TPSA) is 71.5 Å². The van der Waals surface area contributed by atoms with E-state index in [-0.39, 0.29) is 0 Å². The lowest BCUT2D eigenvalue weighted by atomic mass is 10.1. The molecule has 0 atom stereocenters. The lowest BCUT2D eigenvalue weighted by Gasteiger charge is -2.13. The van der Waals surface area contributed by atoms with Crippen molar-refractivity contribution in [3.05, 3.63) is 71.5 Å². The van der Waals surface area contributed by atoms with Crippen molar-refractivity contribution in [2.75, 3.05) is 20.8 Å². The molecule has 166 valence electrons. The number of aromatic nitrogens is 3. The van der Waals surface area contributed by atoms with Gasteiger partial charge >= 0.3 is 6.01 Å². The quantitative estimate of drug-likeness (QED) is 0.311. The molecule has 0 radical (unpaired) electrons. The van der Waals surface area contributed by atoms with Crippen LogP contribution < -0.4 is 14.2 Å². The monoisotopic (exact) mass is 453 g/mol. The van der Waals surface area contributed by atoms with Crippen LogP contribution in [0.5, 0.6) is 17.2 Å². The van der Waals surface area contributed by atoms with E-state index in [4.69, 9.17) is 35.2 Å². The second kappa shape index (κ2) is 9.78. The number of hydrogen-bond acceptors (Lipinski definition) is 6. The van der Waals surface area contributed by atoms with Crippen LogP contribution in [0.3, 0.4) is 0 Å². The average molecular weight is 454 g/mol. The van der Waals surface area contributed by atoms with Crippen molar-refractivity contribution in [3.8, 4) is 34.5 Å². The maximum atomic E-state index is 6.14. The van der Waals surface area contributed by atoms with E-state index in [1.165, 1.54) is 0 Å². The highest BCUT2D eigenvalue weighted by Crippen LogP contribution is 2.37. The van der Waals surface area contributed by atoms with Crippen molar-refractivity contribution in [2.45, 2.75) is 19.8 Å². The normalized spacial score (nSPS) is 10.9. The Kier molecular flexibility index (Phi) is 6.66. The largest absolute Gasteiger partial charge is 0.493 e. The van der Waals surface area contributed by atoms with Crippen molar-refractivity contribution in [2.24, 2.45) is 0 Å². The van der Waals surface area contributed by atoms with E-state index in [1.807, 2.05) is 60.2 Å². The van der Waals surface area contributed by atoms with Crippen LogP contribution in [0.4, 0.5) is 0 Å². The summed E-state index contributed by atoms with van der Waals surface area (Å²) in [5, 5.41) is 0.670. The van der Waals surface area contributed by atoms with Gasteiger partial charge in [-0.05, 0) is 37.6 Å². The zero-order valence-electron chi connectivity index (χ0n) is 18.2. The SMILES string of the molecule is COc1cccc(OC)c1OCCCc1oc(-n2ccnc2C)nc1-c1ccc(Cl)cc1. The summed E-state index contributed by atoms with van der Waals surface area (Å²) in [6.07, 6.45) is 4.89. The second-order valence-electron chi connectivity index (χ2n) is 7.06. The van der Waals surface area contributed by atoms with Crippen molar-refractivity contribution in [3.63, 3.8) is 0 Å². The Bertz CT molecular complexity index is 1160. The van der Waals surface area contributed by atoms with Crippen LogP contribution in [0.1, 0.15) is 18.0 Å². The number of oxazole rings is 1. The molecule has 2 aromatic carbocycles. The fourth-order valence-electron chi connectivity index (χ4n) is 3.39. The standard InChI is InChI=1S/C24H24ClN3O4/c1-16-26-13-14-28(16)24-27-22(17-9-11-18(25)12-10-17)19(32-24)8-5-15-31-23-20(29-2)6-4-7-21(23)30-3/h4,6-7,9-14H,5,8,15H2,1-3H3. The molecule has 0 aliphatic heterocycles. The minimum Gasteiger partial charge on any atom is -0.493 e. The maximum Gasteiger partial charge on any atom is 0.307 e. The molecular formula is C24H24ClN3O4. The third kappa shape index (κ3) is 4.57. The third-order valence-electron chi connectivity index (χ3n) is 5.01. The molecule has 0 fully saturated rings. The molecule has 0 N–H and O–H groups in total. The van der Waals surface area contributed by atoms with Gasteiger partial charge in [0.1, 0.15) is 17.3 Å². The Morgan fingerprint density at radius 1 is 1.03 bits per heavy atom. The third-order valence-corrected chi connectivity index (χ3v) is 5.26. The van der Waals surface area contributed by atoms with E-state index in [9.17, 15) is 0 Å². The number of halogens is 1. The van der Waals surface area contributed by atoms with E-state index in [2.05, 4.69) is 4.98 Å². The zero-order valence-corrected chi connectivity index (χ0v) is 18.9. The van der Waals surface area contributed by atoms with Crippen molar-refractivity contribution >= 4 is 11.6 Å². The lowest BCUT2D eigenvalue weighted by molar-refractivity contribution is 0.268. The number of para-hydroxylation sites is 1. The summed E-state index contributed by atoms with van der Waals surface area (Å²) in [6, 6.07) is 13.6. The van der Waals surface area contributed by atoms with Crippen LogP contribution in [0.25, 0.3) is 17.3 Å². The highest BCUT2D eigenvalue weighted by molar-refractivity contribution is 6.30. The van der Waals surface area contributed by atoms with Gasteiger partial charge in [-0.2, -0.15) is 4.98 Å². The van der Waals surface area contributed by atoms with E-state index in [1.54, 1.807) is 20.4 Å². The first-order valence-corrected chi connectivity index (χ1v) is 10.6. The summed E-state index contributed by atoms with van der Waals surface area (Å²) in [5.41, 5.74) is 1.71.